The highest BCUT2D eigenvalue weighted by molar-refractivity contribution is 7.19. The van der Waals surface area contributed by atoms with Crippen molar-refractivity contribution in [3.05, 3.63) is 248 Å². The Bertz CT molecular complexity index is 3960. The minimum Gasteiger partial charge on any atom is -0.309 e. The molecule has 0 bridgehead atoms. The zero-order chi connectivity index (χ0) is 43.8. The molecule has 13 rings (SSSR count). The molecule has 5 heteroatoms. The molecule has 0 saturated heterocycles. The van der Waals surface area contributed by atoms with Crippen LogP contribution in [0.15, 0.2) is 243 Å². The molecule has 66 heavy (non-hydrogen) atoms. The number of hydrogen-bond acceptors (Lipinski definition) is 1. The maximum absolute atomic E-state index is 10.0. The summed E-state index contributed by atoms with van der Waals surface area (Å²) < 4.78 is 7.25. The zero-order valence-electron chi connectivity index (χ0n) is 35.9. The molecule has 0 amide bonds. The van der Waals surface area contributed by atoms with Crippen molar-refractivity contribution in [2.75, 3.05) is 0 Å². The molecule has 3 aromatic heterocycles. The minimum absolute atomic E-state index is 0.642. The second-order valence-corrected chi connectivity index (χ2v) is 21.0. The second-order valence-electron chi connectivity index (χ2n) is 17.2. The molecule has 0 aliphatic rings. The third kappa shape index (κ3) is 5.49. The van der Waals surface area contributed by atoms with Gasteiger partial charge in [-0.15, -0.1) is 0 Å². The van der Waals surface area contributed by atoms with Crippen LogP contribution in [-0.2, 0) is 0 Å². The van der Waals surface area contributed by atoms with E-state index in [4.69, 9.17) is 0 Å². The molecule has 0 aliphatic carbocycles. The van der Waals surface area contributed by atoms with E-state index in [1.54, 1.807) is 0 Å². The number of nitrogens with zero attached hydrogens (tertiary/aromatic N) is 4. The molecular formula is C61H40N4Si. The summed E-state index contributed by atoms with van der Waals surface area (Å²) in [6, 6.07) is 91.0. The van der Waals surface area contributed by atoms with Crippen LogP contribution in [0.1, 0.15) is 5.56 Å². The third-order valence-electron chi connectivity index (χ3n) is 13.8. The van der Waals surface area contributed by atoms with Crippen molar-refractivity contribution in [2.24, 2.45) is 0 Å². The molecule has 0 spiro atoms. The molecule has 0 fully saturated rings. The van der Waals surface area contributed by atoms with E-state index in [1.165, 1.54) is 42.4 Å². The van der Waals surface area contributed by atoms with E-state index in [0.717, 1.165) is 60.8 Å². The summed E-state index contributed by atoms with van der Waals surface area (Å²) >= 11 is 0. The van der Waals surface area contributed by atoms with Gasteiger partial charge in [0.25, 0.3) is 0 Å². The molecule has 4 nitrogen and oxygen atoms in total. The monoisotopic (exact) mass is 856 g/mol. The Morgan fingerprint density at radius 3 is 1.36 bits per heavy atom. The van der Waals surface area contributed by atoms with Gasteiger partial charge in [-0.25, -0.2) is 0 Å². The first-order valence-electron chi connectivity index (χ1n) is 22.5. The molecule has 0 unspecified atom stereocenters. The number of benzene rings is 10. The first-order chi connectivity index (χ1) is 32.7. The molecule has 308 valence electrons. The van der Waals surface area contributed by atoms with Crippen molar-refractivity contribution in [1.82, 2.24) is 13.7 Å². The van der Waals surface area contributed by atoms with Crippen LogP contribution in [0.2, 0.25) is 0 Å². The highest BCUT2D eigenvalue weighted by atomic mass is 28.3. The third-order valence-corrected chi connectivity index (χ3v) is 18.6. The second kappa shape index (κ2) is 15.0. The van der Waals surface area contributed by atoms with Gasteiger partial charge in [-0.1, -0.05) is 176 Å². The van der Waals surface area contributed by atoms with Crippen LogP contribution >= 0.6 is 0 Å². The predicted molar refractivity (Wildman–Crippen MR) is 278 cm³/mol. The van der Waals surface area contributed by atoms with Gasteiger partial charge in [-0.05, 0) is 87.5 Å². The van der Waals surface area contributed by atoms with Crippen molar-refractivity contribution in [1.29, 1.82) is 5.26 Å². The Morgan fingerprint density at radius 2 is 0.742 bits per heavy atom. The molecule has 0 atom stereocenters. The standard InChI is InChI=1S/C61H40N4Si/c62-41-42-34-36-51-50-27-11-14-30-55(50)65(59(51)38-42)58-33-17-32-57-61(58)53-28-12-15-31-56(53)63(57)44-35-37-52-49-26-10-13-29-54(49)64(60(52)40-44)43-18-16-25-48(39-43)66(45-19-4-1-5-20-45,46-21-6-2-7-22-46)47-23-8-3-9-24-47/h1-40H. The number of para-hydroxylation sites is 3. The molecule has 0 N–H and O–H groups in total. The average molecular weight is 857 g/mol. The van der Waals surface area contributed by atoms with Crippen molar-refractivity contribution < 1.29 is 0 Å². The molecule has 0 aliphatic heterocycles. The minimum atomic E-state index is -2.80. The van der Waals surface area contributed by atoms with Crippen LogP contribution in [-0.4, -0.2) is 21.8 Å². The van der Waals surface area contributed by atoms with Crippen LogP contribution in [0.5, 0.6) is 0 Å². The van der Waals surface area contributed by atoms with Crippen LogP contribution in [0, 0.1) is 11.3 Å². The number of nitriles is 1. The summed E-state index contributed by atoms with van der Waals surface area (Å²) in [5, 5.41) is 22.4. The average Bonchev–Trinajstić information content (AvgIpc) is 4.03. The zero-order valence-corrected chi connectivity index (χ0v) is 36.9. The first-order valence-corrected chi connectivity index (χ1v) is 24.5. The van der Waals surface area contributed by atoms with E-state index in [2.05, 4.69) is 250 Å². The van der Waals surface area contributed by atoms with Gasteiger partial charge < -0.3 is 13.7 Å². The topological polar surface area (TPSA) is 38.6 Å². The van der Waals surface area contributed by atoms with Crippen molar-refractivity contribution >= 4 is 94.2 Å². The van der Waals surface area contributed by atoms with E-state index in [-0.39, 0.29) is 0 Å². The Kier molecular flexibility index (Phi) is 8.57. The van der Waals surface area contributed by atoms with Crippen LogP contribution in [0.4, 0.5) is 0 Å². The predicted octanol–water partition coefficient (Wildman–Crippen LogP) is 12.2. The maximum Gasteiger partial charge on any atom is 0.179 e. The van der Waals surface area contributed by atoms with Gasteiger partial charge in [0, 0.05) is 43.7 Å². The molecule has 13 aromatic rings. The Balaban J connectivity index is 1.07. The van der Waals surface area contributed by atoms with E-state index in [0.29, 0.717) is 5.56 Å². The summed E-state index contributed by atoms with van der Waals surface area (Å²) in [5.74, 6) is 0. The number of rotatable bonds is 7. The SMILES string of the molecule is N#Cc1ccc2c3ccccc3n(-c3cccc4c3c3ccccc3n4-c3ccc4c5ccccc5n(-c5cccc([Si](c6ccccc6)(c6ccccc6)c6ccccc6)c5)c4c3)c2c1. The van der Waals surface area contributed by atoms with E-state index in [1.807, 2.05) is 12.1 Å². The van der Waals surface area contributed by atoms with Gasteiger partial charge in [0.1, 0.15) is 0 Å². The fraction of sp³-hybridized carbons (Fsp3) is 0. The lowest BCUT2D eigenvalue weighted by atomic mass is 10.1. The fourth-order valence-corrected chi connectivity index (χ4v) is 15.9. The van der Waals surface area contributed by atoms with E-state index >= 15 is 0 Å². The Labute approximate surface area is 382 Å². The smallest absolute Gasteiger partial charge is 0.179 e. The quantitative estimate of drug-likeness (QED) is 0.116. The highest BCUT2D eigenvalue weighted by Crippen LogP contribution is 2.41. The maximum atomic E-state index is 10.0. The van der Waals surface area contributed by atoms with E-state index < -0.39 is 8.07 Å². The molecular weight excluding hydrogens is 817 g/mol. The Morgan fingerprint density at radius 1 is 0.303 bits per heavy atom. The summed E-state index contributed by atoms with van der Waals surface area (Å²) in [4.78, 5) is 0. The van der Waals surface area contributed by atoms with Gasteiger partial charge in [0.15, 0.2) is 8.07 Å². The highest BCUT2D eigenvalue weighted by Gasteiger charge is 2.41. The van der Waals surface area contributed by atoms with Crippen LogP contribution in [0.3, 0.4) is 0 Å². The molecule has 10 aromatic carbocycles. The van der Waals surface area contributed by atoms with Crippen LogP contribution in [0.25, 0.3) is 82.5 Å². The molecule has 0 saturated carbocycles. The molecule has 0 radical (unpaired) electrons. The van der Waals surface area contributed by atoms with Gasteiger partial charge in [-0.3, -0.25) is 0 Å². The first kappa shape index (κ1) is 37.8. The van der Waals surface area contributed by atoms with Gasteiger partial charge in [0.2, 0.25) is 0 Å². The molecule has 3 heterocycles. The van der Waals surface area contributed by atoms with Crippen molar-refractivity contribution in [3.8, 4) is 23.1 Å². The van der Waals surface area contributed by atoms with Crippen LogP contribution < -0.4 is 20.7 Å². The van der Waals surface area contributed by atoms with Crippen molar-refractivity contribution in [3.63, 3.8) is 0 Å². The van der Waals surface area contributed by atoms with Gasteiger partial charge in [-0.2, -0.15) is 5.26 Å². The fourth-order valence-electron chi connectivity index (χ4n) is 11.1. The lowest BCUT2D eigenvalue weighted by molar-refractivity contribution is 1.15. The largest absolute Gasteiger partial charge is 0.309 e. The summed E-state index contributed by atoms with van der Waals surface area (Å²) in [7, 11) is -2.80. The van der Waals surface area contributed by atoms with Gasteiger partial charge >= 0.3 is 0 Å². The number of fused-ring (bicyclic) bond motifs is 9. The number of hydrogen-bond donors (Lipinski definition) is 0. The number of aromatic nitrogens is 3. The van der Waals surface area contributed by atoms with Gasteiger partial charge in [0.05, 0.1) is 50.4 Å². The summed E-state index contributed by atoms with van der Waals surface area (Å²) in [6.07, 6.45) is 0. The lowest BCUT2D eigenvalue weighted by Crippen LogP contribution is -2.74. The Hall–Kier alpha value is -8.69. The van der Waals surface area contributed by atoms with E-state index in [9.17, 15) is 5.26 Å². The van der Waals surface area contributed by atoms with Crippen molar-refractivity contribution in [2.45, 2.75) is 0 Å². The summed E-state index contributed by atoms with van der Waals surface area (Å²) in [6.45, 7) is 0. The normalized spacial score (nSPS) is 11.9. The summed E-state index contributed by atoms with van der Waals surface area (Å²) in [5.41, 5.74) is 10.6. The lowest BCUT2D eigenvalue weighted by Gasteiger charge is -2.34.